The minimum atomic E-state index is -0.745. The van der Waals surface area contributed by atoms with E-state index in [1.807, 2.05) is 37.0 Å². The molecular weight excluding hydrogens is 421 g/mol. The molecule has 1 amide bonds. The third kappa shape index (κ3) is 4.74. The molecule has 1 saturated heterocycles. The predicted octanol–water partition coefficient (Wildman–Crippen LogP) is 4.36. The average Bonchev–Trinajstić information content (AvgIpc) is 2.88. The smallest absolute Gasteiger partial charge is 0.410 e. The van der Waals surface area contributed by atoms with Crippen LogP contribution in [0.3, 0.4) is 0 Å². The molecule has 0 aliphatic carbocycles. The summed E-state index contributed by atoms with van der Waals surface area (Å²) in [4.78, 5) is 26.2. The molecule has 2 rings (SSSR count). The summed E-state index contributed by atoms with van der Waals surface area (Å²) in [6.45, 7) is 6.22. The van der Waals surface area contributed by atoms with Crippen molar-refractivity contribution in [2.24, 2.45) is 0 Å². The Kier molecular flexibility index (Phi) is 6.33. The maximum absolute atomic E-state index is 12.7. The number of hydrogen-bond acceptors (Lipinski definition) is 4. The molecule has 0 aromatic rings. The first-order valence-corrected chi connectivity index (χ1v) is 9.69. The highest BCUT2D eigenvalue weighted by molar-refractivity contribution is 14.1. The monoisotopic (exact) mass is 447 g/mol. The Balaban J connectivity index is 2.23. The van der Waals surface area contributed by atoms with Gasteiger partial charge in [-0.3, -0.25) is 0 Å². The van der Waals surface area contributed by atoms with E-state index in [-0.39, 0.29) is 18.1 Å². The van der Waals surface area contributed by atoms with Crippen LogP contribution in [-0.2, 0) is 14.3 Å². The number of halogens is 1. The molecule has 0 aromatic heterocycles. The van der Waals surface area contributed by atoms with Gasteiger partial charge in [0.25, 0.3) is 0 Å². The minimum absolute atomic E-state index is 0.175. The minimum Gasteiger partial charge on any atom is -0.449 e. The second kappa shape index (κ2) is 7.89. The van der Waals surface area contributed by atoms with Crippen molar-refractivity contribution >= 4 is 34.7 Å². The Hall–Kier alpha value is -1.05. The van der Waals surface area contributed by atoms with Crippen molar-refractivity contribution in [2.75, 3.05) is 6.54 Å². The van der Waals surface area contributed by atoms with Crippen LogP contribution in [0.25, 0.3) is 0 Å². The Morgan fingerprint density at radius 1 is 1.50 bits per heavy atom. The Morgan fingerprint density at radius 2 is 2.25 bits per heavy atom. The number of likely N-dealkylation sites (tertiary alicyclic amines) is 1. The number of allylic oxidation sites excluding steroid dienone is 1. The SMILES string of the molecule is CC(C)(C)OC(=O)N1CCCC[C@@H]1[C@]1(CC/C=C\I)C=CC(=O)O1. The molecule has 24 heavy (non-hydrogen) atoms. The van der Waals surface area contributed by atoms with Crippen molar-refractivity contribution in [2.45, 2.75) is 70.1 Å². The molecule has 2 atom stereocenters. The van der Waals surface area contributed by atoms with Crippen LogP contribution in [0.4, 0.5) is 4.79 Å². The van der Waals surface area contributed by atoms with Crippen molar-refractivity contribution in [3.8, 4) is 0 Å². The van der Waals surface area contributed by atoms with Gasteiger partial charge in [0.1, 0.15) is 5.60 Å². The molecule has 0 saturated carbocycles. The molecule has 0 N–H and O–H groups in total. The molecule has 5 nitrogen and oxygen atoms in total. The molecule has 0 unspecified atom stereocenters. The van der Waals surface area contributed by atoms with Crippen molar-refractivity contribution in [1.82, 2.24) is 4.90 Å². The van der Waals surface area contributed by atoms with Gasteiger partial charge < -0.3 is 14.4 Å². The van der Waals surface area contributed by atoms with E-state index in [2.05, 4.69) is 22.6 Å². The first-order valence-electron chi connectivity index (χ1n) is 8.44. The third-order valence-electron chi connectivity index (χ3n) is 4.28. The zero-order valence-corrected chi connectivity index (χ0v) is 16.7. The summed E-state index contributed by atoms with van der Waals surface area (Å²) in [6, 6.07) is -0.175. The summed E-state index contributed by atoms with van der Waals surface area (Å²) in [5, 5.41) is 0. The Labute approximate surface area is 157 Å². The predicted molar refractivity (Wildman–Crippen MR) is 101 cm³/mol. The van der Waals surface area contributed by atoms with Gasteiger partial charge in [0.15, 0.2) is 5.60 Å². The van der Waals surface area contributed by atoms with Gasteiger partial charge >= 0.3 is 12.1 Å². The summed E-state index contributed by atoms with van der Waals surface area (Å²) in [5.74, 6) is -0.330. The number of rotatable bonds is 4. The van der Waals surface area contributed by atoms with E-state index in [0.29, 0.717) is 13.0 Å². The van der Waals surface area contributed by atoms with Crippen LogP contribution >= 0.6 is 22.6 Å². The molecule has 2 aliphatic heterocycles. The van der Waals surface area contributed by atoms with Crippen LogP contribution in [0.15, 0.2) is 22.3 Å². The first kappa shape index (κ1) is 19.3. The number of esters is 1. The zero-order chi connectivity index (χ0) is 17.8. The van der Waals surface area contributed by atoms with Gasteiger partial charge in [-0.2, -0.15) is 0 Å². The molecule has 134 valence electrons. The van der Waals surface area contributed by atoms with Gasteiger partial charge in [0.05, 0.1) is 6.04 Å². The van der Waals surface area contributed by atoms with E-state index >= 15 is 0 Å². The number of hydrogen-bond donors (Lipinski definition) is 0. The summed E-state index contributed by atoms with van der Waals surface area (Å²) in [6.07, 6.45) is 9.26. The quantitative estimate of drug-likeness (QED) is 0.475. The lowest BCUT2D eigenvalue weighted by atomic mass is 9.83. The maximum Gasteiger partial charge on any atom is 0.410 e. The van der Waals surface area contributed by atoms with Crippen molar-refractivity contribution in [1.29, 1.82) is 0 Å². The fraction of sp³-hybridized carbons (Fsp3) is 0.667. The second-order valence-electron chi connectivity index (χ2n) is 7.30. The van der Waals surface area contributed by atoms with E-state index in [4.69, 9.17) is 9.47 Å². The van der Waals surface area contributed by atoms with Gasteiger partial charge in [-0.05, 0) is 63.0 Å². The van der Waals surface area contributed by atoms with Crippen LogP contribution in [0.5, 0.6) is 0 Å². The molecule has 0 spiro atoms. The number of carbonyl (C=O) groups is 2. The molecule has 0 aromatic carbocycles. The molecule has 6 heteroatoms. The topological polar surface area (TPSA) is 55.8 Å². The number of cyclic esters (lactones) is 1. The van der Waals surface area contributed by atoms with E-state index in [0.717, 1.165) is 25.7 Å². The fourth-order valence-electron chi connectivity index (χ4n) is 3.30. The van der Waals surface area contributed by atoms with Gasteiger partial charge in [-0.1, -0.05) is 28.7 Å². The summed E-state index contributed by atoms with van der Waals surface area (Å²) >= 11 is 2.18. The fourth-order valence-corrected chi connectivity index (χ4v) is 3.65. The van der Waals surface area contributed by atoms with Crippen molar-refractivity contribution < 1.29 is 19.1 Å². The zero-order valence-electron chi connectivity index (χ0n) is 14.6. The molecular formula is C18H26INO4. The number of piperidine rings is 1. The van der Waals surface area contributed by atoms with Crippen molar-refractivity contribution in [3.63, 3.8) is 0 Å². The maximum atomic E-state index is 12.7. The largest absolute Gasteiger partial charge is 0.449 e. The highest BCUT2D eigenvalue weighted by atomic mass is 127. The van der Waals surface area contributed by atoms with Crippen molar-refractivity contribution in [3.05, 3.63) is 22.3 Å². The average molecular weight is 447 g/mol. The lowest BCUT2D eigenvalue weighted by molar-refractivity contribution is -0.153. The van der Waals surface area contributed by atoms with E-state index in [9.17, 15) is 9.59 Å². The number of carbonyl (C=O) groups excluding carboxylic acids is 2. The summed E-state index contributed by atoms with van der Waals surface area (Å²) in [7, 11) is 0. The Morgan fingerprint density at radius 3 is 2.83 bits per heavy atom. The summed E-state index contributed by atoms with van der Waals surface area (Å²) in [5.41, 5.74) is -1.29. The molecule has 0 radical (unpaired) electrons. The van der Waals surface area contributed by atoms with Crippen LogP contribution in [0, 0.1) is 0 Å². The van der Waals surface area contributed by atoms with E-state index < -0.39 is 11.2 Å². The van der Waals surface area contributed by atoms with Gasteiger partial charge in [-0.25, -0.2) is 9.59 Å². The van der Waals surface area contributed by atoms with Gasteiger partial charge in [0.2, 0.25) is 0 Å². The number of nitrogens with zero attached hydrogens (tertiary/aromatic N) is 1. The van der Waals surface area contributed by atoms with E-state index in [1.165, 1.54) is 6.08 Å². The van der Waals surface area contributed by atoms with Crippen LogP contribution in [0.1, 0.15) is 52.9 Å². The first-order chi connectivity index (χ1) is 11.3. The van der Waals surface area contributed by atoms with Crippen LogP contribution < -0.4 is 0 Å². The lowest BCUT2D eigenvalue weighted by Crippen LogP contribution is -2.57. The van der Waals surface area contributed by atoms with E-state index in [1.54, 1.807) is 4.90 Å². The van der Waals surface area contributed by atoms with Crippen LogP contribution in [0.2, 0.25) is 0 Å². The second-order valence-corrected chi connectivity index (χ2v) is 8.01. The number of ether oxygens (including phenoxy) is 2. The summed E-state index contributed by atoms with van der Waals surface area (Å²) < 4.78 is 13.2. The van der Waals surface area contributed by atoms with Gasteiger partial charge in [0, 0.05) is 12.6 Å². The Bertz CT molecular complexity index is 538. The molecule has 2 aliphatic rings. The lowest BCUT2D eigenvalue weighted by Gasteiger charge is -2.44. The highest BCUT2D eigenvalue weighted by Crippen LogP contribution is 2.37. The molecule has 1 fully saturated rings. The molecule has 2 heterocycles. The van der Waals surface area contributed by atoms with Crippen LogP contribution in [-0.4, -0.2) is 40.8 Å². The molecule has 0 bridgehead atoms. The standard InChI is InChI=1S/C18H26INO4/c1-17(2,3)24-16(22)20-13-7-4-8-14(20)18(10-5-6-12-19)11-9-15(21)23-18/h6,9,11-12,14H,4-5,7-8,10,13H2,1-3H3/b12-6-/t14-,18+/m1/s1. The number of amides is 1. The highest BCUT2D eigenvalue weighted by Gasteiger charge is 2.48. The third-order valence-corrected chi connectivity index (χ3v) is 4.79. The normalized spacial score (nSPS) is 27.6. The van der Waals surface area contributed by atoms with Gasteiger partial charge in [-0.15, -0.1) is 0 Å².